The van der Waals surface area contributed by atoms with E-state index < -0.39 is 5.76 Å². The molecule has 1 N–H and O–H groups in total. The zero-order valence-electron chi connectivity index (χ0n) is 12.8. The highest BCUT2D eigenvalue weighted by Gasteiger charge is 2.29. The van der Waals surface area contributed by atoms with Gasteiger partial charge in [0.15, 0.2) is 5.58 Å². The molecule has 23 heavy (non-hydrogen) atoms. The third-order valence-corrected chi connectivity index (χ3v) is 3.99. The minimum Gasteiger partial charge on any atom is -0.466 e. The Morgan fingerprint density at radius 3 is 3.04 bits per heavy atom. The van der Waals surface area contributed by atoms with Crippen molar-refractivity contribution in [3.63, 3.8) is 0 Å². The molecule has 1 fully saturated rings. The van der Waals surface area contributed by atoms with Gasteiger partial charge in [0.25, 0.3) is 5.91 Å². The second-order valence-electron chi connectivity index (χ2n) is 5.57. The van der Waals surface area contributed by atoms with E-state index in [-0.39, 0.29) is 17.8 Å². The molecule has 1 aromatic carbocycles. The average molecular weight is 318 g/mol. The van der Waals surface area contributed by atoms with Gasteiger partial charge in [-0.05, 0) is 38.0 Å². The number of piperidine rings is 1. The normalized spacial score (nSPS) is 18.1. The van der Waals surface area contributed by atoms with Gasteiger partial charge in [0.1, 0.15) is 0 Å². The molecule has 0 radical (unpaired) electrons. The van der Waals surface area contributed by atoms with Crippen LogP contribution in [0.5, 0.6) is 0 Å². The highest BCUT2D eigenvalue weighted by atomic mass is 16.5. The van der Waals surface area contributed by atoms with E-state index in [0.717, 1.165) is 12.8 Å². The van der Waals surface area contributed by atoms with Gasteiger partial charge < -0.3 is 14.1 Å². The summed E-state index contributed by atoms with van der Waals surface area (Å²) in [5.74, 6) is -1.24. The molecule has 122 valence electrons. The van der Waals surface area contributed by atoms with Crippen molar-refractivity contribution in [1.29, 1.82) is 0 Å². The molecule has 0 spiro atoms. The van der Waals surface area contributed by atoms with Crippen molar-refractivity contribution in [1.82, 2.24) is 9.88 Å². The Morgan fingerprint density at radius 2 is 2.26 bits per heavy atom. The van der Waals surface area contributed by atoms with Crippen molar-refractivity contribution < 1.29 is 18.7 Å². The number of esters is 1. The Labute approximate surface area is 132 Å². The molecule has 1 aliphatic rings. The van der Waals surface area contributed by atoms with E-state index >= 15 is 0 Å². The molecular formula is C16H18N2O5. The number of hydrogen-bond acceptors (Lipinski definition) is 5. The summed E-state index contributed by atoms with van der Waals surface area (Å²) in [6.07, 6.45) is 1.50. The number of H-pyrrole nitrogens is 1. The monoisotopic (exact) mass is 318 g/mol. The second kappa shape index (κ2) is 6.28. The van der Waals surface area contributed by atoms with E-state index in [1.54, 1.807) is 30.0 Å². The van der Waals surface area contributed by atoms with Crippen LogP contribution in [0.4, 0.5) is 0 Å². The lowest BCUT2D eigenvalue weighted by Gasteiger charge is -2.31. The van der Waals surface area contributed by atoms with Crippen LogP contribution in [0, 0.1) is 5.92 Å². The number of benzene rings is 1. The number of nitrogens with zero attached hydrogens (tertiary/aromatic N) is 1. The molecule has 1 aliphatic heterocycles. The van der Waals surface area contributed by atoms with Crippen LogP contribution in [0.15, 0.2) is 27.4 Å². The number of fused-ring (bicyclic) bond motifs is 1. The summed E-state index contributed by atoms with van der Waals surface area (Å²) in [7, 11) is 0. The van der Waals surface area contributed by atoms with Crippen molar-refractivity contribution in [2.45, 2.75) is 19.8 Å². The third-order valence-electron chi connectivity index (χ3n) is 3.99. The number of rotatable bonds is 3. The van der Waals surface area contributed by atoms with Crippen LogP contribution in [0.3, 0.4) is 0 Å². The highest BCUT2D eigenvalue weighted by molar-refractivity contribution is 5.97. The molecular weight excluding hydrogens is 300 g/mol. The fraction of sp³-hybridized carbons (Fsp3) is 0.438. The third kappa shape index (κ3) is 3.13. The van der Waals surface area contributed by atoms with Crippen LogP contribution in [0.25, 0.3) is 11.1 Å². The van der Waals surface area contributed by atoms with Crippen LogP contribution in [0.1, 0.15) is 30.1 Å². The van der Waals surface area contributed by atoms with Gasteiger partial charge in [0.05, 0.1) is 18.0 Å². The molecule has 0 bridgehead atoms. The van der Waals surface area contributed by atoms with Crippen molar-refractivity contribution >= 4 is 23.0 Å². The number of aromatic nitrogens is 1. The lowest BCUT2D eigenvalue weighted by Crippen LogP contribution is -2.42. The Balaban J connectivity index is 1.77. The Morgan fingerprint density at radius 1 is 1.43 bits per heavy atom. The number of carbonyl (C=O) groups is 2. The molecule has 1 aromatic heterocycles. The summed E-state index contributed by atoms with van der Waals surface area (Å²) in [6.45, 7) is 3.07. The van der Waals surface area contributed by atoms with Crippen LogP contribution in [-0.4, -0.2) is 41.5 Å². The highest BCUT2D eigenvalue weighted by Crippen LogP contribution is 2.21. The molecule has 1 saturated heterocycles. The molecule has 0 aliphatic carbocycles. The molecule has 3 rings (SSSR count). The molecule has 1 unspecified atom stereocenters. The average Bonchev–Trinajstić information content (AvgIpc) is 2.93. The second-order valence-corrected chi connectivity index (χ2v) is 5.57. The number of amides is 1. The van der Waals surface area contributed by atoms with E-state index in [9.17, 15) is 14.4 Å². The van der Waals surface area contributed by atoms with Crippen LogP contribution in [-0.2, 0) is 9.53 Å². The summed E-state index contributed by atoms with van der Waals surface area (Å²) in [5, 5.41) is 0. The van der Waals surface area contributed by atoms with E-state index in [1.165, 1.54) is 0 Å². The Hall–Kier alpha value is -2.57. The van der Waals surface area contributed by atoms with Crippen LogP contribution in [0.2, 0.25) is 0 Å². The topological polar surface area (TPSA) is 92.6 Å². The first-order chi connectivity index (χ1) is 11.1. The Kier molecular flexibility index (Phi) is 4.18. The van der Waals surface area contributed by atoms with Crippen LogP contribution >= 0.6 is 0 Å². The molecule has 1 amide bonds. The van der Waals surface area contributed by atoms with E-state index in [4.69, 9.17) is 9.15 Å². The van der Waals surface area contributed by atoms with Crippen molar-refractivity contribution in [3.05, 3.63) is 34.3 Å². The summed E-state index contributed by atoms with van der Waals surface area (Å²) >= 11 is 0. The summed E-state index contributed by atoms with van der Waals surface area (Å²) in [4.78, 5) is 39.9. The number of ether oxygens (including phenoxy) is 1. The van der Waals surface area contributed by atoms with Crippen molar-refractivity contribution in [3.8, 4) is 0 Å². The van der Waals surface area contributed by atoms with Gasteiger partial charge in [0, 0.05) is 18.7 Å². The summed E-state index contributed by atoms with van der Waals surface area (Å²) in [6, 6.07) is 4.80. The van der Waals surface area contributed by atoms with E-state index in [1.807, 2.05) is 0 Å². The number of nitrogens with one attached hydrogen (secondary N) is 1. The number of aromatic amines is 1. The maximum Gasteiger partial charge on any atom is 0.417 e. The number of likely N-dealkylation sites (tertiary alicyclic amines) is 1. The predicted octanol–water partition coefficient (Wildman–Crippen LogP) is 1.54. The quantitative estimate of drug-likeness (QED) is 0.867. The zero-order chi connectivity index (χ0) is 16.4. The van der Waals surface area contributed by atoms with Gasteiger partial charge in [-0.1, -0.05) is 0 Å². The molecule has 2 aromatic rings. The van der Waals surface area contributed by atoms with Gasteiger partial charge in [-0.3, -0.25) is 14.6 Å². The number of hydrogen-bond donors (Lipinski definition) is 1. The smallest absolute Gasteiger partial charge is 0.417 e. The maximum absolute atomic E-state index is 12.6. The first kappa shape index (κ1) is 15.3. The zero-order valence-corrected chi connectivity index (χ0v) is 12.8. The lowest BCUT2D eigenvalue weighted by atomic mass is 9.97. The first-order valence-electron chi connectivity index (χ1n) is 7.67. The summed E-state index contributed by atoms with van der Waals surface area (Å²) in [5.41, 5.74) is 1.36. The summed E-state index contributed by atoms with van der Waals surface area (Å²) < 4.78 is 9.97. The number of oxazole rings is 1. The van der Waals surface area contributed by atoms with Gasteiger partial charge in [0.2, 0.25) is 0 Å². The first-order valence-corrected chi connectivity index (χ1v) is 7.67. The molecule has 7 nitrogen and oxygen atoms in total. The fourth-order valence-electron chi connectivity index (χ4n) is 2.88. The SMILES string of the molecule is CCOC(=O)C1CCCN(C(=O)c2ccc3oc(=O)[nH]c3c2)C1. The maximum atomic E-state index is 12.6. The molecule has 0 saturated carbocycles. The van der Waals surface area contributed by atoms with Gasteiger partial charge in [-0.2, -0.15) is 0 Å². The predicted molar refractivity (Wildman–Crippen MR) is 82.1 cm³/mol. The van der Waals surface area contributed by atoms with Crippen molar-refractivity contribution in [2.24, 2.45) is 5.92 Å². The van der Waals surface area contributed by atoms with Crippen LogP contribution < -0.4 is 5.76 Å². The lowest BCUT2D eigenvalue weighted by molar-refractivity contribution is -0.149. The largest absolute Gasteiger partial charge is 0.466 e. The van der Waals surface area contributed by atoms with Gasteiger partial charge >= 0.3 is 11.7 Å². The Bertz CT molecular complexity index is 791. The van der Waals surface area contributed by atoms with Gasteiger partial charge in [-0.15, -0.1) is 0 Å². The fourth-order valence-corrected chi connectivity index (χ4v) is 2.88. The minimum absolute atomic E-state index is 0.164. The number of carbonyl (C=O) groups excluding carboxylic acids is 2. The van der Waals surface area contributed by atoms with Gasteiger partial charge in [-0.25, -0.2) is 4.79 Å². The minimum atomic E-state index is -0.551. The van der Waals surface area contributed by atoms with Crippen molar-refractivity contribution in [2.75, 3.05) is 19.7 Å². The van der Waals surface area contributed by atoms with E-state index in [2.05, 4.69) is 4.98 Å². The molecule has 7 heteroatoms. The van der Waals surface area contributed by atoms with E-state index in [0.29, 0.717) is 36.4 Å². The standard InChI is InChI=1S/C16H18N2O5/c1-2-22-15(20)11-4-3-7-18(9-11)14(19)10-5-6-13-12(8-10)17-16(21)23-13/h5-6,8,11H,2-4,7,9H2,1H3,(H,17,21). The molecule has 2 heterocycles. The molecule has 1 atom stereocenters.